The van der Waals surface area contributed by atoms with Crippen LogP contribution in [-0.4, -0.2) is 36.7 Å². The average molecular weight is 345 g/mol. The summed E-state index contributed by atoms with van der Waals surface area (Å²) in [6.45, 7) is 0.950. The van der Waals surface area contributed by atoms with Gasteiger partial charge in [0.05, 0.1) is 19.3 Å². The number of carbonyl (C=O) groups excluding carboxylic acids is 1. The largest absolute Gasteiger partial charge is 0.480 e. The number of hydrogen-bond donors (Lipinski definition) is 0. The van der Waals surface area contributed by atoms with Crippen LogP contribution in [-0.2, 0) is 16.0 Å². The Labute approximate surface area is 144 Å². The molecule has 1 saturated heterocycles. The fourth-order valence-electron chi connectivity index (χ4n) is 3.42. The SMILES string of the molecule is O=C(C1Cc2ccccc2O1)N1CCOCC1c1cc(F)cc(F)c1. The fourth-order valence-corrected chi connectivity index (χ4v) is 3.42. The van der Waals surface area contributed by atoms with Crippen LogP contribution in [0.4, 0.5) is 8.78 Å². The van der Waals surface area contributed by atoms with Crippen molar-refractivity contribution in [3.8, 4) is 5.75 Å². The minimum absolute atomic E-state index is 0.186. The molecule has 1 amide bonds. The number of halogens is 2. The quantitative estimate of drug-likeness (QED) is 0.840. The van der Waals surface area contributed by atoms with Gasteiger partial charge in [0, 0.05) is 19.0 Å². The number of amides is 1. The second-order valence-electron chi connectivity index (χ2n) is 6.24. The van der Waals surface area contributed by atoms with E-state index < -0.39 is 23.8 Å². The van der Waals surface area contributed by atoms with E-state index in [4.69, 9.17) is 9.47 Å². The van der Waals surface area contributed by atoms with Crippen molar-refractivity contribution < 1.29 is 23.0 Å². The molecule has 0 N–H and O–H groups in total. The Hall–Kier alpha value is -2.47. The summed E-state index contributed by atoms with van der Waals surface area (Å²) in [5.41, 5.74) is 1.38. The summed E-state index contributed by atoms with van der Waals surface area (Å²) >= 11 is 0. The van der Waals surface area contributed by atoms with Gasteiger partial charge in [0.1, 0.15) is 17.4 Å². The minimum Gasteiger partial charge on any atom is -0.480 e. The van der Waals surface area contributed by atoms with Crippen LogP contribution in [0.3, 0.4) is 0 Å². The summed E-state index contributed by atoms with van der Waals surface area (Å²) < 4.78 is 38.4. The van der Waals surface area contributed by atoms with Crippen molar-refractivity contribution in [1.29, 1.82) is 0 Å². The molecule has 1 fully saturated rings. The van der Waals surface area contributed by atoms with Gasteiger partial charge >= 0.3 is 0 Å². The highest BCUT2D eigenvalue weighted by Crippen LogP contribution is 2.32. The zero-order valence-corrected chi connectivity index (χ0v) is 13.5. The van der Waals surface area contributed by atoms with E-state index in [1.54, 1.807) is 4.90 Å². The van der Waals surface area contributed by atoms with Crippen LogP contribution in [0.25, 0.3) is 0 Å². The third-order valence-electron chi connectivity index (χ3n) is 4.60. The molecule has 0 aromatic heterocycles. The molecular formula is C19H17F2NO3. The Morgan fingerprint density at radius 3 is 2.64 bits per heavy atom. The summed E-state index contributed by atoms with van der Waals surface area (Å²) in [5.74, 6) is -0.813. The molecule has 4 nitrogen and oxygen atoms in total. The summed E-state index contributed by atoms with van der Waals surface area (Å²) in [7, 11) is 0. The van der Waals surface area contributed by atoms with E-state index >= 15 is 0 Å². The van der Waals surface area contributed by atoms with Crippen LogP contribution in [0.1, 0.15) is 17.2 Å². The number of ether oxygens (including phenoxy) is 2. The fraction of sp³-hybridized carbons (Fsp3) is 0.316. The predicted octanol–water partition coefficient (Wildman–Crippen LogP) is 2.87. The van der Waals surface area contributed by atoms with Crippen molar-refractivity contribution >= 4 is 5.91 Å². The number of morpholine rings is 1. The standard InChI is InChI=1S/C19H17F2NO3/c20-14-7-13(8-15(21)10-14)16-11-24-6-5-22(16)19(23)18-9-12-3-1-2-4-17(12)25-18/h1-4,7-8,10,16,18H,5-6,9,11H2. The van der Waals surface area contributed by atoms with Crippen LogP contribution >= 0.6 is 0 Å². The summed E-state index contributed by atoms with van der Waals surface area (Å²) in [5, 5.41) is 0. The third-order valence-corrected chi connectivity index (χ3v) is 4.60. The van der Waals surface area contributed by atoms with Crippen LogP contribution in [0, 0.1) is 11.6 Å². The molecule has 4 rings (SSSR count). The van der Waals surface area contributed by atoms with Gasteiger partial charge in [-0.2, -0.15) is 0 Å². The number of carbonyl (C=O) groups is 1. The van der Waals surface area contributed by atoms with Gasteiger partial charge in [-0.25, -0.2) is 8.78 Å². The zero-order chi connectivity index (χ0) is 17.4. The summed E-state index contributed by atoms with van der Waals surface area (Å²) in [6.07, 6.45) is -0.118. The highest BCUT2D eigenvalue weighted by molar-refractivity contribution is 5.83. The van der Waals surface area contributed by atoms with Crippen molar-refractivity contribution in [2.24, 2.45) is 0 Å². The molecule has 2 heterocycles. The van der Waals surface area contributed by atoms with Crippen molar-refractivity contribution in [3.05, 3.63) is 65.2 Å². The van der Waals surface area contributed by atoms with E-state index in [9.17, 15) is 13.6 Å². The van der Waals surface area contributed by atoms with E-state index in [1.165, 1.54) is 12.1 Å². The molecule has 0 radical (unpaired) electrons. The maximum Gasteiger partial charge on any atom is 0.264 e. The number of fused-ring (bicyclic) bond motifs is 1. The lowest BCUT2D eigenvalue weighted by Gasteiger charge is -2.37. The van der Waals surface area contributed by atoms with Crippen molar-refractivity contribution in [2.45, 2.75) is 18.6 Å². The molecule has 2 aromatic carbocycles. The van der Waals surface area contributed by atoms with Crippen LogP contribution < -0.4 is 4.74 Å². The molecule has 0 bridgehead atoms. The van der Waals surface area contributed by atoms with Crippen LogP contribution in [0.15, 0.2) is 42.5 Å². The molecule has 2 aliphatic rings. The Morgan fingerprint density at radius 2 is 1.88 bits per heavy atom. The maximum absolute atomic E-state index is 13.6. The van der Waals surface area contributed by atoms with Crippen molar-refractivity contribution in [1.82, 2.24) is 4.90 Å². The average Bonchev–Trinajstić information content (AvgIpc) is 3.04. The molecule has 130 valence electrons. The topological polar surface area (TPSA) is 38.8 Å². The number of benzene rings is 2. The first kappa shape index (κ1) is 16.0. The summed E-state index contributed by atoms with van der Waals surface area (Å²) in [6, 6.07) is 10.3. The molecule has 2 atom stereocenters. The van der Waals surface area contributed by atoms with Crippen LogP contribution in [0.5, 0.6) is 5.75 Å². The number of nitrogens with zero attached hydrogens (tertiary/aromatic N) is 1. The van der Waals surface area contributed by atoms with Gasteiger partial charge in [0.15, 0.2) is 6.10 Å². The Morgan fingerprint density at radius 1 is 1.12 bits per heavy atom. The highest BCUT2D eigenvalue weighted by Gasteiger charge is 2.37. The second-order valence-corrected chi connectivity index (χ2v) is 6.24. The van der Waals surface area contributed by atoms with Gasteiger partial charge in [0.2, 0.25) is 0 Å². The Bertz CT molecular complexity index is 766. The second kappa shape index (κ2) is 6.44. The maximum atomic E-state index is 13.6. The summed E-state index contributed by atoms with van der Waals surface area (Å²) in [4.78, 5) is 14.6. The lowest BCUT2D eigenvalue weighted by atomic mass is 10.0. The normalized spacial score (nSPS) is 22.4. The molecule has 2 aliphatic heterocycles. The van der Waals surface area contributed by atoms with E-state index in [0.29, 0.717) is 30.9 Å². The lowest BCUT2D eigenvalue weighted by Crippen LogP contribution is -2.48. The van der Waals surface area contributed by atoms with Gasteiger partial charge in [0.25, 0.3) is 5.91 Å². The Kier molecular flexibility index (Phi) is 4.13. The first-order chi connectivity index (χ1) is 12.1. The van der Waals surface area contributed by atoms with Gasteiger partial charge < -0.3 is 14.4 Å². The van der Waals surface area contributed by atoms with E-state index in [2.05, 4.69) is 0 Å². The number of hydrogen-bond acceptors (Lipinski definition) is 3. The molecule has 0 aliphatic carbocycles. The monoisotopic (exact) mass is 345 g/mol. The first-order valence-corrected chi connectivity index (χ1v) is 8.20. The van der Waals surface area contributed by atoms with E-state index in [-0.39, 0.29) is 12.5 Å². The molecule has 6 heteroatoms. The Balaban J connectivity index is 1.58. The molecule has 0 saturated carbocycles. The van der Waals surface area contributed by atoms with Gasteiger partial charge in [-0.05, 0) is 29.3 Å². The van der Waals surface area contributed by atoms with E-state index in [1.807, 2.05) is 24.3 Å². The number of para-hydroxylation sites is 1. The van der Waals surface area contributed by atoms with E-state index in [0.717, 1.165) is 11.6 Å². The highest BCUT2D eigenvalue weighted by atomic mass is 19.1. The molecule has 0 spiro atoms. The van der Waals surface area contributed by atoms with Gasteiger partial charge in [-0.15, -0.1) is 0 Å². The number of rotatable bonds is 2. The molecule has 25 heavy (non-hydrogen) atoms. The predicted molar refractivity (Wildman–Crippen MR) is 86.2 cm³/mol. The van der Waals surface area contributed by atoms with Crippen molar-refractivity contribution in [2.75, 3.05) is 19.8 Å². The first-order valence-electron chi connectivity index (χ1n) is 8.20. The molecule has 2 unspecified atom stereocenters. The zero-order valence-electron chi connectivity index (χ0n) is 13.5. The lowest BCUT2D eigenvalue weighted by molar-refractivity contribution is -0.147. The third kappa shape index (κ3) is 3.09. The molecular weight excluding hydrogens is 328 g/mol. The smallest absolute Gasteiger partial charge is 0.264 e. The molecule has 2 aromatic rings. The van der Waals surface area contributed by atoms with Gasteiger partial charge in [-0.1, -0.05) is 18.2 Å². The van der Waals surface area contributed by atoms with Crippen LogP contribution in [0.2, 0.25) is 0 Å². The minimum atomic E-state index is -0.669. The van der Waals surface area contributed by atoms with Crippen molar-refractivity contribution in [3.63, 3.8) is 0 Å². The van der Waals surface area contributed by atoms with Gasteiger partial charge in [-0.3, -0.25) is 4.79 Å².